The van der Waals surface area contributed by atoms with Crippen molar-refractivity contribution in [1.82, 2.24) is 5.32 Å². The van der Waals surface area contributed by atoms with Crippen molar-refractivity contribution in [3.05, 3.63) is 48.2 Å². The average molecular weight is 305 g/mol. The Kier molecular flexibility index (Phi) is 5.62. The Morgan fingerprint density at radius 1 is 0.955 bits per heavy atom. The first-order chi connectivity index (χ1) is 10.3. The fourth-order valence-electron chi connectivity index (χ4n) is 1.65. The zero-order valence-electron chi connectivity index (χ0n) is 11.2. The maximum Gasteiger partial charge on any atom is 0.339 e. The lowest BCUT2D eigenvalue weighted by Gasteiger charge is -2.11. The predicted molar refractivity (Wildman–Crippen MR) is 71.6 cm³/mol. The van der Waals surface area contributed by atoms with Gasteiger partial charge in [-0.2, -0.15) is 0 Å². The largest absolute Gasteiger partial charge is 0.478 e. The quantitative estimate of drug-likeness (QED) is 0.648. The summed E-state index contributed by atoms with van der Waals surface area (Å²) >= 11 is 0. The highest BCUT2D eigenvalue weighted by molar-refractivity contribution is 6.10. The van der Waals surface area contributed by atoms with Crippen molar-refractivity contribution in [1.29, 1.82) is 0 Å². The van der Waals surface area contributed by atoms with Crippen LogP contribution in [0.25, 0.3) is 0 Å². The van der Waals surface area contributed by atoms with Crippen LogP contribution < -0.4 is 5.32 Å². The second kappa shape index (κ2) is 7.21. The number of carboxylic acids is 2. The Labute approximate surface area is 125 Å². The summed E-state index contributed by atoms with van der Waals surface area (Å²) in [6, 6.07) is 1.51. The number of carboxylic acid groups (broad SMARTS) is 2. The molecule has 0 saturated heterocycles. The zero-order chi connectivity index (χ0) is 16.9. The molecule has 0 aliphatic heterocycles. The van der Waals surface area contributed by atoms with E-state index in [4.69, 9.17) is 24.1 Å². The summed E-state index contributed by atoms with van der Waals surface area (Å²) in [5.41, 5.74) is -2.13. The van der Waals surface area contributed by atoms with E-state index in [1.807, 2.05) is 0 Å². The van der Waals surface area contributed by atoms with Gasteiger partial charge >= 0.3 is 17.9 Å². The van der Waals surface area contributed by atoms with Crippen LogP contribution in [0.2, 0.25) is 0 Å². The molecule has 0 aromatic heterocycles. The molecule has 1 aromatic carbocycles. The van der Waals surface area contributed by atoms with Crippen molar-refractivity contribution in [3.63, 3.8) is 0 Å². The van der Waals surface area contributed by atoms with Gasteiger partial charge in [-0.3, -0.25) is 4.79 Å². The smallest absolute Gasteiger partial charge is 0.339 e. The minimum Gasteiger partial charge on any atom is -0.478 e. The minimum atomic E-state index is -1.54. The molecule has 22 heavy (non-hydrogen) atoms. The Morgan fingerprint density at radius 2 is 1.45 bits per heavy atom. The summed E-state index contributed by atoms with van der Waals surface area (Å²) in [7, 11) is 0. The summed E-state index contributed by atoms with van der Waals surface area (Å²) in [5, 5.41) is 20.4. The Balaban J connectivity index is 3.57. The molecule has 8 nitrogen and oxygen atoms in total. The lowest BCUT2D eigenvalue weighted by molar-refractivity contribution is 0.0534. The number of amides is 1. The molecule has 1 aromatic rings. The van der Waals surface area contributed by atoms with Crippen molar-refractivity contribution in [3.8, 4) is 0 Å². The lowest BCUT2D eigenvalue weighted by atomic mass is 9.97. The van der Waals surface area contributed by atoms with E-state index in [0.717, 1.165) is 12.1 Å². The molecular weight excluding hydrogens is 294 g/mol. The Morgan fingerprint density at radius 3 is 1.91 bits per heavy atom. The molecule has 4 radical (unpaired) electrons. The molecule has 0 aliphatic rings. The molecule has 3 N–H and O–H groups in total. The highest BCUT2D eigenvalue weighted by atomic mass is 16.5. The number of carbonyl (C=O) groups is 4. The molecule has 0 spiro atoms. The maximum absolute atomic E-state index is 11.8. The van der Waals surface area contributed by atoms with E-state index < -0.39 is 52.7 Å². The van der Waals surface area contributed by atoms with Crippen LogP contribution in [0, 0.1) is 13.8 Å². The van der Waals surface area contributed by atoms with Gasteiger partial charge in [0.15, 0.2) is 0 Å². The third kappa shape index (κ3) is 3.60. The number of ether oxygens (including phenoxy) is 1. The van der Waals surface area contributed by atoms with Crippen LogP contribution in [0.3, 0.4) is 0 Å². The second-order valence-corrected chi connectivity index (χ2v) is 3.86. The van der Waals surface area contributed by atoms with Crippen molar-refractivity contribution < 1.29 is 34.1 Å². The van der Waals surface area contributed by atoms with Gasteiger partial charge in [-0.1, -0.05) is 0 Å². The molecule has 0 unspecified atom stereocenters. The number of carbonyl (C=O) groups excluding carboxylic acids is 2. The summed E-state index contributed by atoms with van der Waals surface area (Å²) in [5.74, 6) is -5.07. The van der Waals surface area contributed by atoms with Gasteiger partial charge in [-0.25, -0.2) is 14.4 Å². The van der Waals surface area contributed by atoms with Gasteiger partial charge in [0.2, 0.25) is 0 Å². The Bertz CT molecular complexity index is 581. The van der Waals surface area contributed by atoms with Gasteiger partial charge < -0.3 is 20.3 Å². The molecule has 0 aliphatic carbocycles. The number of nitrogens with one attached hydrogen (secondary N) is 1. The summed E-state index contributed by atoms with van der Waals surface area (Å²) < 4.78 is 4.46. The van der Waals surface area contributed by atoms with E-state index in [2.05, 4.69) is 10.1 Å². The van der Waals surface area contributed by atoms with Gasteiger partial charge in [0.05, 0.1) is 28.9 Å². The van der Waals surface area contributed by atoms with E-state index in [1.54, 1.807) is 0 Å². The van der Waals surface area contributed by atoms with Crippen LogP contribution in [0.1, 0.15) is 41.4 Å². The Hall–Kier alpha value is -2.90. The standard InChI is InChI=1S/C14H11NO7/c1-3-15-11(16)7-5-9(13(19)20)10(14(21)22-4-2)6-8(7)12(17)18/h1-2,5-6H,3-4H2,(H,15,16)(H,17,18)(H,19,20). The first kappa shape index (κ1) is 17.2. The average Bonchev–Trinajstić information content (AvgIpc) is 2.46. The molecule has 1 amide bonds. The lowest BCUT2D eigenvalue weighted by Crippen LogP contribution is -2.26. The fraction of sp³-hybridized carbons (Fsp3) is 0.143. The zero-order valence-corrected chi connectivity index (χ0v) is 11.2. The third-order valence-corrected chi connectivity index (χ3v) is 2.56. The maximum atomic E-state index is 11.8. The van der Waals surface area contributed by atoms with Gasteiger partial charge in [0.1, 0.15) is 0 Å². The van der Waals surface area contributed by atoms with Gasteiger partial charge in [0.25, 0.3) is 5.91 Å². The molecule has 0 heterocycles. The number of benzene rings is 1. The minimum absolute atomic E-state index is 0.280. The van der Waals surface area contributed by atoms with E-state index >= 15 is 0 Å². The van der Waals surface area contributed by atoms with Crippen LogP contribution in [0.15, 0.2) is 12.1 Å². The van der Waals surface area contributed by atoms with Crippen molar-refractivity contribution >= 4 is 23.8 Å². The molecule has 1 rings (SSSR count). The normalized spacial score (nSPS) is 9.91. The van der Waals surface area contributed by atoms with E-state index in [-0.39, 0.29) is 6.54 Å². The summed E-state index contributed by atoms with van der Waals surface area (Å²) in [6.07, 6.45) is 0. The van der Waals surface area contributed by atoms with E-state index in [1.165, 1.54) is 0 Å². The summed E-state index contributed by atoms with van der Waals surface area (Å²) in [6.45, 7) is 9.35. The first-order valence-corrected chi connectivity index (χ1v) is 5.83. The monoisotopic (exact) mass is 305 g/mol. The molecule has 0 bridgehead atoms. The van der Waals surface area contributed by atoms with Gasteiger partial charge in [-0.15, -0.1) is 0 Å². The second-order valence-electron chi connectivity index (χ2n) is 3.86. The van der Waals surface area contributed by atoms with Crippen molar-refractivity contribution in [2.24, 2.45) is 0 Å². The highest BCUT2D eigenvalue weighted by Crippen LogP contribution is 2.19. The van der Waals surface area contributed by atoms with E-state index in [9.17, 15) is 19.2 Å². The van der Waals surface area contributed by atoms with Gasteiger partial charge in [0, 0.05) is 13.5 Å². The number of hydrogen-bond donors (Lipinski definition) is 3. The molecule has 114 valence electrons. The number of esters is 1. The van der Waals surface area contributed by atoms with Crippen LogP contribution in [-0.2, 0) is 4.74 Å². The highest BCUT2D eigenvalue weighted by Gasteiger charge is 2.25. The number of aromatic carboxylic acids is 2. The van der Waals surface area contributed by atoms with E-state index in [0.29, 0.717) is 0 Å². The van der Waals surface area contributed by atoms with Gasteiger partial charge in [-0.05, 0) is 19.1 Å². The molecule has 0 saturated carbocycles. The van der Waals surface area contributed by atoms with Crippen molar-refractivity contribution in [2.75, 3.05) is 13.2 Å². The third-order valence-electron chi connectivity index (χ3n) is 2.56. The molecular formula is C14H11NO7. The van der Waals surface area contributed by atoms with Crippen LogP contribution in [0.5, 0.6) is 0 Å². The fourth-order valence-corrected chi connectivity index (χ4v) is 1.65. The predicted octanol–water partition coefficient (Wildman–Crippen LogP) is 0.392. The number of rotatable bonds is 6. The molecule has 0 atom stereocenters. The summed E-state index contributed by atoms with van der Waals surface area (Å²) in [4.78, 5) is 45.9. The van der Waals surface area contributed by atoms with Crippen LogP contribution >= 0.6 is 0 Å². The topological polar surface area (TPSA) is 130 Å². The molecule has 8 heteroatoms. The molecule has 0 fully saturated rings. The first-order valence-electron chi connectivity index (χ1n) is 5.83. The SMILES string of the molecule is [CH]CNC(=O)c1cc(C(=O)O)c(C(=O)OC[CH])cc1C(=O)O. The number of hydrogen-bond acceptors (Lipinski definition) is 5. The van der Waals surface area contributed by atoms with Crippen molar-refractivity contribution in [2.45, 2.75) is 0 Å². The van der Waals surface area contributed by atoms with Crippen LogP contribution in [-0.4, -0.2) is 47.2 Å². The van der Waals surface area contributed by atoms with Crippen LogP contribution in [0.4, 0.5) is 0 Å².